The normalized spacial score (nSPS) is 12.7. The average molecular weight is 340 g/mol. The fourth-order valence-corrected chi connectivity index (χ4v) is 1.61. The number of rotatable bonds is 8. The average Bonchev–Trinajstić information content (AvgIpc) is 2.63. The number of terminal acetylenes is 1. The molecule has 0 spiro atoms. The Morgan fingerprint density at radius 1 is 1.16 bits per heavy atom. The molecule has 0 aliphatic heterocycles. The van der Waals surface area contributed by atoms with E-state index in [-0.39, 0.29) is 5.92 Å². The molecule has 0 fully saturated rings. The quantitative estimate of drug-likeness (QED) is 0.292. The molecule has 0 rings (SSSR count). The smallest absolute Gasteiger partial charge is 0.0212 e. The fourth-order valence-electron chi connectivity index (χ4n) is 1.61. The molecule has 0 aliphatic carbocycles. The monoisotopic (exact) mass is 339 g/mol. The summed E-state index contributed by atoms with van der Waals surface area (Å²) in [5.74, 6) is 2.96. The van der Waals surface area contributed by atoms with Crippen LogP contribution in [0, 0.1) is 18.3 Å². The van der Waals surface area contributed by atoms with Crippen LogP contribution in [0.4, 0.5) is 0 Å². The first-order valence-electron chi connectivity index (χ1n) is 8.63. The summed E-state index contributed by atoms with van der Waals surface area (Å²) in [6.45, 7) is 21.9. The maximum Gasteiger partial charge on any atom is 0.0212 e. The minimum absolute atomic E-state index is 0.191. The molecule has 0 bridgehead atoms. The van der Waals surface area contributed by atoms with E-state index in [4.69, 9.17) is 6.42 Å². The first-order valence-corrected chi connectivity index (χ1v) is 8.63. The van der Waals surface area contributed by atoms with Crippen molar-refractivity contribution in [1.29, 1.82) is 0 Å². The fraction of sp³-hybridized carbons (Fsp3) is 0.333. The van der Waals surface area contributed by atoms with Gasteiger partial charge in [-0.05, 0) is 42.3 Å². The van der Waals surface area contributed by atoms with Crippen molar-refractivity contribution in [3.05, 3.63) is 85.7 Å². The van der Waals surface area contributed by atoms with E-state index in [0.717, 1.165) is 17.6 Å². The highest BCUT2D eigenvalue weighted by molar-refractivity contribution is 5.44. The van der Waals surface area contributed by atoms with Crippen LogP contribution in [0.25, 0.3) is 0 Å². The third-order valence-electron chi connectivity index (χ3n) is 2.76. The van der Waals surface area contributed by atoms with Gasteiger partial charge in [-0.25, -0.2) is 0 Å². The molecule has 0 aromatic carbocycles. The summed E-state index contributed by atoms with van der Waals surface area (Å²) in [5.41, 5.74) is 3.39. The van der Waals surface area contributed by atoms with E-state index in [9.17, 15) is 0 Å². The minimum Gasteiger partial charge on any atom is -0.394 e. The number of hydrogen-bond acceptors (Lipinski definition) is 1. The van der Waals surface area contributed by atoms with E-state index in [1.807, 2.05) is 38.4 Å². The molecule has 0 heterocycles. The Balaban J connectivity index is -0.000000866. The molecule has 0 saturated heterocycles. The van der Waals surface area contributed by atoms with Gasteiger partial charge >= 0.3 is 0 Å². The van der Waals surface area contributed by atoms with Crippen molar-refractivity contribution in [2.24, 2.45) is 5.92 Å². The Bertz CT molecular complexity index is 507. The van der Waals surface area contributed by atoms with E-state index in [1.54, 1.807) is 6.08 Å². The molecule has 0 aliphatic rings. The topological polar surface area (TPSA) is 12.0 Å². The molecule has 0 saturated carbocycles. The number of allylic oxidation sites excluding steroid dienone is 9. The molecule has 1 atom stereocenters. The standard InChI is InChI=1S/C19H25N.C3H8.C2H4/c1-7-10-18(9-3)19(15-16(4)8-2)12-11-17(5)13-14-20-6;1-3-2;1-2/h2,7,9-14,16,20H,1,3,15H2,4-6H3;3H2,1-2H3;1-2H2/b14-13+,17-11-,18-10-,19-12+;;. The lowest BCUT2D eigenvalue weighted by Gasteiger charge is -2.10. The molecular weight excluding hydrogens is 302 g/mol. The summed E-state index contributed by atoms with van der Waals surface area (Å²) in [4.78, 5) is 0. The van der Waals surface area contributed by atoms with Gasteiger partial charge in [-0.15, -0.1) is 25.5 Å². The predicted octanol–water partition coefficient (Wildman–Crippen LogP) is 6.77. The van der Waals surface area contributed by atoms with Crippen molar-refractivity contribution in [2.75, 3.05) is 7.05 Å². The van der Waals surface area contributed by atoms with Crippen molar-refractivity contribution in [2.45, 2.75) is 40.5 Å². The Morgan fingerprint density at radius 3 is 2.12 bits per heavy atom. The molecular formula is C24H37N. The molecule has 0 amide bonds. The molecule has 0 aromatic rings. The highest BCUT2D eigenvalue weighted by atomic mass is 14.8. The van der Waals surface area contributed by atoms with Crippen molar-refractivity contribution in [3.63, 3.8) is 0 Å². The molecule has 1 unspecified atom stereocenters. The molecule has 1 nitrogen and oxygen atoms in total. The molecule has 25 heavy (non-hydrogen) atoms. The number of nitrogens with one attached hydrogen (secondary N) is 1. The van der Waals surface area contributed by atoms with Crippen LogP contribution in [-0.4, -0.2) is 7.05 Å². The third-order valence-corrected chi connectivity index (χ3v) is 2.76. The second-order valence-corrected chi connectivity index (χ2v) is 5.27. The lowest BCUT2D eigenvalue weighted by atomic mass is 9.94. The zero-order chi connectivity index (χ0) is 20.1. The van der Waals surface area contributed by atoms with Crippen LogP contribution < -0.4 is 5.32 Å². The van der Waals surface area contributed by atoms with E-state index in [2.05, 4.69) is 70.5 Å². The predicted molar refractivity (Wildman–Crippen MR) is 118 cm³/mol. The lowest BCUT2D eigenvalue weighted by molar-refractivity contribution is 0.750. The van der Waals surface area contributed by atoms with Crippen molar-refractivity contribution in [3.8, 4) is 12.3 Å². The van der Waals surface area contributed by atoms with Crippen LogP contribution in [0.15, 0.2) is 85.7 Å². The van der Waals surface area contributed by atoms with Gasteiger partial charge in [-0.1, -0.05) is 70.7 Å². The van der Waals surface area contributed by atoms with E-state index in [1.165, 1.54) is 12.0 Å². The van der Waals surface area contributed by atoms with Gasteiger partial charge in [0.1, 0.15) is 0 Å². The first-order chi connectivity index (χ1) is 12.0. The Hall–Kier alpha value is -2.46. The van der Waals surface area contributed by atoms with Gasteiger partial charge in [0.2, 0.25) is 0 Å². The van der Waals surface area contributed by atoms with Gasteiger partial charge in [-0.3, -0.25) is 0 Å². The lowest BCUT2D eigenvalue weighted by Crippen LogP contribution is -1.96. The number of hydrogen-bond donors (Lipinski definition) is 1. The summed E-state index contributed by atoms with van der Waals surface area (Å²) in [6.07, 6.45) is 21.2. The maximum atomic E-state index is 5.48. The van der Waals surface area contributed by atoms with E-state index >= 15 is 0 Å². The van der Waals surface area contributed by atoms with Gasteiger partial charge in [0, 0.05) is 13.0 Å². The van der Waals surface area contributed by atoms with Gasteiger partial charge in [0.25, 0.3) is 0 Å². The van der Waals surface area contributed by atoms with Crippen molar-refractivity contribution < 1.29 is 0 Å². The Labute approximate surface area is 157 Å². The highest BCUT2D eigenvalue weighted by Gasteiger charge is 2.05. The Morgan fingerprint density at radius 2 is 1.72 bits per heavy atom. The first kappa shape index (κ1) is 27.4. The van der Waals surface area contributed by atoms with Gasteiger partial charge in [-0.2, -0.15) is 0 Å². The maximum absolute atomic E-state index is 5.48. The molecule has 1 heteroatoms. The zero-order valence-corrected chi connectivity index (χ0v) is 16.9. The van der Waals surface area contributed by atoms with Gasteiger partial charge < -0.3 is 5.32 Å². The van der Waals surface area contributed by atoms with Crippen molar-refractivity contribution >= 4 is 0 Å². The largest absolute Gasteiger partial charge is 0.394 e. The van der Waals surface area contributed by atoms with Crippen LogP contribution in [-0.2, 0) is 0 Å². The second-order valence-electron chi connectivity index (χ2n) is 5.27. The molecule has 0 aromatic heterocycles. The van der Waals surface area contributed by atoms with Crippen LogP contribution in [0.1, 0.15) is 40.5 Å². The van der Waals surface area contributed by atoms with Crippen LogP contribution in [0.3, 0.4) is 0 Å². The SMILES string of the molecule is C#CC(C)CC(=C\C=C(C)/C=C/NC)/C(C=C)=C\C=C.C=C.CCC. The van der Waals surface area contributed by atoms with E-state index < -0.39 is 0 Å². The van der Waals surface area contributed by atoms with Gasteiger partial charge in [0.05, 0.1) is 0 Å². The summed E-state index contributed by atoms with van der Waals surface area (Å²) in [7, 11) is 1.88. The molecule has 0 radical (unpaired) electrons. The highest BCUT2D eigenvalue weighted by Crippen LogP contribution is 2.21. The summed E-state index contributed by atoms with van der Waals surface area (Å²) in [6, 6.07) is 0. The summed E-state index contributed by atoms with van der Waals surface area (Å²) < 4.78 is 0. The van der Waals surface area contributed by atoms with Crippen molar-refractivity contribution in [1.82, 2.24) is 5.32 Å². The van der Waals surface area contributed by atoms with Crippen LogP contribution >= 0.6 is 0 Å². The van der Waals surface area contributed by atoms with Crippen LogP contribution in [0.2, 0.25) is 0 Å². The summed E-state index contributed by atoms with van der Waals surface area (Å²) >= 11 is 0. The van der Waals surface area contributed by atoms with Crippen LogP contribution in [0.5, 0.6) is 0 Å². The molecule has 138 valence electrons. The Kier molecular flexibility index (Phi) is 23.6. The minimum atomic E-state index is 0.191. The van der Waals surface area contributed by atoms with Gasteiger partial charge in [0.15, 0.2) is 0 Å². The van der Waals surface area contributed by atoms with E-state index in [0.29, 0.717) is 0 Å². The zero-order valence-electron chi connectivity index (χ0n) is 16.9. The third kappa shape index (κ3) is 17.7. The summed E-state index contributed by atoms with van der Waals surface area (Å²) in [5, 5.41) is 2.97. The molecule has 1 N–H and O–H groups in total. The second kappa shape index (κ2) is 21.5.